The first-order chi connectivity index (χ1) is 18.2. The number of ether oxygens (including phenoxy) is 2. The number of amides is 2. The normalized spacial score (nSPS) is 12.8. The Labute approximate surface area is 210 Å². The van der Waals surface area contributed by atoms with Crippen LogP contribution < -0.4 is 20.7 Å². The number of hydrogen-bond donors (Lipinski definition) is 3. The summed E-state index contributed by atoms with van der Waals surface area (Å²) in [6.45, 7) is -2.97. The van der Waals surface area contributed by atoms with E-state index in [0.717, 1.165) is 17.7 Å². The van der Waals surface area contributed by atoms with Crippen LogP contribution in [0.25, 0.3) is 11.4 Å². The molecular formula is C20H24N8O7S. The first kappa shape index (κ1) is 22.2. The van der Waals surface area contributed by atoms with E-state index in [1.54, 1.807) is 18.2 Å². The molecule has 3 N–H and O–H groups in total. The van der Waals surface area contributed by atoms with E-state index in [0.29, 0.717) is 5.56 Å². The molecule has 0 saturated heterocycles. The lowest BCUT2D eigenvalue weighted by molar-refractivity contribution is 0.0958. The Morgan fingerprint density at radius 2 is 2.00 bits per heavy atom. The Bertz CT molecular complexity index is 1480. The molecule has 0 aliphatic heterocycles. The van der Waals surface area contributed by atoms with Gasteiger partial charge in [-0.05, 0) is 12.1 Å². The van der Waals surface area contributed by atoms with Crippen molar-refractivity contribution < 1.29 is 36.1 Å². The van der Waals surface area contributed by atoms with Gasteiger partial charge in [0.2, 0.25) is 21.7 Å². The summed E-state index contributed by atoms with van der Waals surface area (Å²) in [5.74, 6) is -0.888. The van der Waals surface area contributed by atoms with Gasteiger partial charge in [0.05, 0.1) is 44.0 Å². The van der Waals surface area contributed by atoms with Crippen LogP contribution in [0.15, 0.2) is 28.8 Å². The Balaban J connectivity index is 2.01. The minimum atomic E-state index is -3.49. The van der Waals surface area contributed by atoms with Crippen molar-refractivity contribution in [3.05, 3.63) is 35.9 Å². The van der Waals surface area contributed by atoms with E-state index in [4.69, 9.17) is 13.4 Å². The number of nitrogens with one attached hydrogen (secondary N) is 3. The molecule has 0 bridgehead atoms. The molecule has 15 nitrogen and oxygen atoms in total. The first-order valence-corrected chi connectivity index (χ1v) is 11.8. The van der Waals surface area contributed by atoms with Crippen LogP contribution in [0, 0.1) is 0 Å². The predicted octanol–water partition coefficient (Wildman–Crippen LogP) is 1.21. The second kappa shape index (κ2) is 11.0. The van der Waals surface area contributed by atoms with Crippen LogP contribution in [0.2, 0.25) is 0 Å². The van der Waals surface area contributed by atoms with E-state index >= 15 is 0 Å². The number of nitrogens with zero attached hydrogens (tertiary/aromatic N) is 5. The molecule has 0 aliphatic rings. The van der Waals surface area contributed by atoms with Gasteiger partial charge in [-0.2, -0.15) is 9.29 Å². The van der Waals surface area contributed by atoms with Crippen LogP contribution >= 0.6 is 0 Å². The number of rotatable bonds is 9. The van der Waals surface area contributed by atoms with Crippen LogP contribution in [0.4, 0.5) is 22.0 Å². The fraction of sp³-hybridized carbons (Fsp3) is 0.300. The van der Waals surface area contributed by atoms with Crippen LogP contribution in [0.3, 0.4) is 0 Å². The van der Waals surface area contributed by atoms with Crippen molar-refractivity contribution >= 4 is 39.2 Å². The molecule has 2 heterocycles. The summed E-state index contributed by atoms with van der Waals surface area (Å²) in [5.41, 5.74) is 0.148. The second-order valence-corrected chi connectivity index (χ2v) is 9.19. The molecule has 0 unspecified atom stereocenters. The number of carbonyl (C=O) groups excluding carboxylic acids is 2. The fourth-order valence-electron chi connectivity index (χ4n) is 2.84. The van der Waals surface area contributed by atoms with Crippen molar-refractivity contribution in [2.45, 2.75) is 6.54 Å². The van der Waals surface area contributed by atoms with E-state index in [1.807, 2.05) is 5.32 Å². The molecular weight excluding hydrogens is 496 g/mol. The lowest BCUT2D eigenvalue weighted by atomic mass is 10.1. The minimum Gasteiger partial charge on any atom is -0.494 e. The highest BCUT2D eigenvalue weighted by atomic mass is 32.2. The molecule has 2 aromatic heterocycles. The maximum atomic E-state index is 12.6. The van der Waals surface area contributed by atoms with Crippen LogP contribution in [-0.4, -0.2) is 79.6 Å². The summed E-state index contributed by atoms with van der Waals surface area (Å²) < 4.78 is 61.6. The third-order valence-corrected chi connectivity index (χ3v) is 5.92. The number of carbonyl (C=O) groups is 2. The number of para-hydroxylation sites is 1. The SMILES string of the molecule is [2H]C([2H])([2H])NC(=O)c1nnc(NC(=O)OC)cc1Nc1cccc(-c2noc(CN(C)S(C)(=O)=O)n2)c1OC. The van der Waals surface area contributed by atoms with Gasteiger partial charge in [0.25, 0.3) is 5.91 Å². The molecule has 3 rings (SSSR count). The molecule has 1 aromatic carbocycles. The molecule has 0 spiro atoms. The van der Waals surface area contributed by atoms with Gasteiger partial charge in [0, 0.05) is 24.2 Å². The number of benzene rings is 1. The van der Waals surface area contributed by atoms with Crippen molar-refractivity contribution in [2.75, 3.05) is 45.1 Å². The molecule has 16 heteroatoms. The minimum absolute atomic E-state index is 0.0267. The van der Waals surface area contributed by atoms with Gasteiger partial charge >= 0.3 is 6.09 Å². The number of anilines is 3. The summed E-state index contributed by atoms with van der Waals surface area (Å²) in [5, 5.41) is 18.4. The highest BCUT2D eigenvalue weighted by Gasteiger charge is 2.21. The predicted molar refractivity (Wildman–Crippen MR) is 127 cm³/mol. The maximum absolute atomic E-state index is 12.6. The van der Waals surface area contributed by atoms with Crippen molar-refractivity contribution in [3.63, 3.8) is 0 Å². The Morgan fingerprint density at radius 3 is 2.67 bits per heavy atom. The Kier molecular flexibility index (Phi) is 6.75. The molecule has 192 valence electrons. The fourth-order valence-corrected chi connectivity index (χ4v) is 3.19. The lowest BCUT2D eigenvalue weighted by Gasteiger charge is -2.15. The van der Waals surface area contributed by atoms with E-state index in [9.17, 15) is 18.0 Å². The van der Waals surface area contributed by atoms with Gasteiger partial charge in [0.15, 0.2) is 17.3 Å². The summed E-state index contributed by atoms with van der Waals surface area (Å²) in [4.78, 5) is 28.5. The standard InChI is InChI=1S/C20H24N8O7S/c1-21-19(29)16-13(9-14(25-26-16)23-20(30)34-4)22-12-8-6-7-11(17(12)33-3)18-24-15(35-27-18)10-28(2)36(5,31)32/h6-9H,10H2,1-5H3,(H,21,29)(H2,22,23,25,30)/i1D3. The van der Waals surface area contributed by atoms with Gasteiger partial charge < -0.3 is 24.6 Å². The van der Waals surface area contributed by atoms with E-state index in [2.05, 4.69) is 35.7 Å². The van der Waals surface area contributed by atoms with Crippen molar-refractivity contribution in [3.8, 4) is 17.1 Å². The van der Waals surface area contributed by atoms with Gasteiger partial charge in [-0.3, -0.25) is 10.1 Å². The summed E-state index contributed by atoms with van der Waals surface area (Å²) in [7, 11) is 0.368. The van der Waals surface area contributed by atoms with Crippen molar-refractivity contribution in [2.24, 2.45) is 0 Å². The molecule has 0 fully saturated rings. The quantitative estimate of drug-likeness (QED) is 0.364. The third kappa shape index (κ3) is 6.02. The smallest absolute Gasteiger partial charge is 0.412 e. The Hall–Kier alpha value is -4.31. The summed E-state index contributed by atoms with van der Waals surface area (Å²) >= 11 is 0. The average Bonchev–Trinajstić information content (AvgIpc) is 3.30. The molecule has 36 heavy (non-hydrogen) atoms. The van der Waals surface area contributed by atoms with Crippen molar-refractivity contribution in [1.82, 2.24) is 30.0 Å². The molecule has 2 amide bonds. The van der Waals surface area contributed by atoms with Crippen molar-refractivity contribution in [1.29, 1.82) is 0 Å². The molecule has 0 radical (unpaired) electrons. The highest BCUT2D eigenvalue weighted by Crippen LogP contribution is 2.37. The van der Waals surface area contributed by atoms with Crippen LogP contribution in [0.5, 0.6) is 5.75 Å². The van der Waals surface area contributed by atoms with Gasteiger partial charge in [-0.15, -0.1) is 10.2 Å². The number of methoxy groups -OCH3 is 2. The number of aromatic nitrogens is 4. The second-order valence-electron chi connectivity index (χ2n) is 7.10. The first-order valence-electron chi connectivity index (χ1n) is 11.5. The molecule has 0 atom stereocenters. The van der Waals surface area contributed by atoms with E-state index < -0.39 is 34.7 Å². The summed E-state index contributed by atoms with van der Waals surface area (Å²) in [6, 6.07) is 6.01. The van der Waals surface area contributed by atoms with Crippen LogP contribution in [0.1, 0.15) is 20.5 Å². The average molecular weight is 524 g/mol. The van der Waals surface area contributed by atoms with Gasteiger partial charge in [-0.1, -0.05) is 11.2 Å². The van der Waals surface area contributed by atoms with E-state index in [-0.39, 0.29) is 41.2 Å². The molecule has 0 aliphatic carbocycles. The lowest BCUT2D eigenvalue weighted by Crippen LogP contribution is -2.25. The summed E-state index contributed by atoms with van der Waals surface area (Å²) in [6.07, 6.45) is 0.179. The number of sulfonamides is 1. The zero-order chi connectivity index (χ0) is 29.0. The monoisotopic (exact) mass is 523 g/mol. The maximum Gasteiger partial charge on any atom is 0.412 e. The Morgan fingerprint density at radius 1 is 1.22 bits per heavy atom. The third-order valence-electron chi connectivity index (χ3n) is 4.66. The highest BCUT2D eigenvalue weighted by molar-refractivity contribution is 7.88. The van der Waals surface area contributed by atoms with E-state index in [1.165, 1.54) is 20.2 Å². The zero-order valence-electron chi connectivity index (χ0n) is 22.5. The molecule has 3 aromatic rings. The zero-order valence-corrected chi connectivity index (χ0v) is 20.3. The van der Waals surface area contributed by atoms with Gasteiger partial charge in [-0.25, -0.2) is 13.2 Å². The molecule has 0 saturated carbocycles. The van der Waals surface area contributed by atoms with Gasteiger partial charge in [0.1, 0.15) is 0 Å². The van der Waals surface area contributed by atoms with Crippen LogP contribution in [-0.2, 0) is 21.3 Å². The number of hydrogen-bond acceptors (Lipinski definition) is 12. The topological polar surface area (TPSA) is 191 Å². The largest absolute Gasteiger partial charge is 0.494 e.